The van der Waals surface area contributed by atoms with Crippen molar-refractivity contribution < 1.29 is 28.5 Å². The highest BCUT2D eigenvalue weighted by Gasteiger charge is 2.50. The second-order valence-electron chi connectivity index (χ2n) is 13.1. The van der Waals surface area contributed by atoms with Gasteiger partial charge in [-0.15, -0.1) is 0 Å². The molecule has 3 aliphatic heterocycles. The van der Waals surface area contributed by atoms with Gasteiger partial charge in [0.2, 0.25) is 5.88 Å². The normalized spacial score (nSPS) is 21.6. The maximum atomic E-state index is 12.8. The minimum atomic E-state index is -0.969. The molecule has 12 heteroatoms. The molecule has 1 N–H and O–H groups in total. The van der Waals surface area contributed by atoms with Crippen molar-refractivity contribution >= 4 is 39.5 Å². The standard InChI is InChI=1S/C37H36N6O6/c1-22(2)33-40-31-27-6-4-5-7-30(27)49-32(31)34(41-33)43-19-26(17-29(43)36(44)45)48-35-28(42-14-15-47-37(23(42)3)20-46-21-37)16-25(18-39-35)9-8-24-10-12-38-13-11-24/h4-7,10-13,16,18,22-23,26,29H,14-15,17,19-21H2,1-3H3,(H,44,45)/t23-,26-,29-/m0/s1. The smallest absolute Gasteiger partial charge is 0.326 e. The van der Waals surface area contributed by atoms with Crippen molar-refractivity contribution in [2.75, 3.05) is 42.7 Å². The van der Waals surface area contributed by atoms with Crippen molar-refractivity contribution in [3.05, 3.63) is 78.0 Å². The van der Waals surface area contributed by atoms with Gasteiger partial charge in [-0.1, -0.05) is 37.8 Å². The van der Waals surface area contributed by atoms with Gasteiger partial charge in [-0.2, -0.15) is 0 Å². The number of rotatable bonds is 6. The molecule has 1 aromatic carbocycles. The van der Waals surface area contributed by atoms with Crippen LogP contribution in [0.5, 0.6) is 5.88 Å². The summed E-state index contributed by atoms with van der Waals surface area (Å²) in [7, 11) is 0. The fourth-order valence-corrected chi connectivity index (χ4v) is 6.84. The Morgan fingerprint density at radius 2 is 1.88 bits per heavy atom. The first-order valence-electron chi connectivity index (χ1n) is 16.6. The molecular weight excluding hydrogens is 624 g/mol. The number of anilines is 2. The van der Waals surface area contributed by atoms with Crippen LogP contribution in [0.4, 0.5) is 11.5 Å². The zero-order valence-electron chi connectivity index (χ0n) is 27.5. The Hall–Kier alpha value is -5.25. The Kier molecular flexibility index (Phi) is 7.81. The van der Waals surface area contributed by atoms with E-state index in [1.54, 1.807) is 23.5 Å². The first-order chi connectivity index (χ1) is 23.8. The van der Waals surface area contributed by atoms with E-state index in [1.807, 2.05) is 56.3 Å². The Bertz CT molecular complexity index is 2100. The number of morpholine rings is 1. The number of furan rings is 1. The summed E-state index contributed by atoms with van der Waals surface area (Å²) in [5.74, 6) is 6.94. The highest BCUT2D eigenvalue weighted by molar-refractivity contribution is 6.06. The molecule has 8 rings (SSSR count). The van der Waals surface area contributed by atoms with Crippen LogP contribution in [0.2, 0.25) is 0 Å². The largest absolute Gasteiger partial charge is 0.480 e. The monoisotopic (exact) mass is 660 g/mol. The number of para-hydroxylation sites is 1. The molecule has 0 bridgehead atoms. The lowest BCUT2D eigenvalue weighted by Gasteiger charge is -2.53. The van der Waals surface area contributed by atoms with E-state index in [2.05, 4.69) is 28.6 Å². The number of aliphatic carboxylic acids is 1. The average molecular weight is 661 g/mol. The third-order valence-electron chi connectivity index (χ3n) is 9.65. The van der Waals surface area contributed by atoms with Crippen molar-refractivity contribution in [2.45, 2.75) is 56.9 Å². The summed E-state index contributed by atoms with van der Waals surface area (Å²) in [5.41, 5.74) is 3.73. The molecule has 1 spiro atoms. The number of hydrogen-bond acceptors (Lipinski definition) is 11. The number of aromatic nitrogens is 4. The van der Waals surface area contributed by atoms with E-state index in [9.17, 15) is 9.90 Å². The van der Waals surface area contributed by atoms with Crippen LogP contribution in [0.25, 0.3) is 22.1 Å². The minimum absolute atomic E-state index is 0.0153. The van der Waals surface area contributed by atoms with Crippen molar-refractivity contribution in [3.8, 4) is 17.7 Å². The molecule has 3 atom stereocenters. The van der Waals surface area contributed by atoms with Crippen LogP contribution in [0.3, 0.4) is 0 Å². The number of fused-ring (bicyclic) bond motifs is 3. The number of carbonyl (C=O) groups is 1. The molecule has 0 aliphatic carbocycles. The number of carboxylic acid groups (broad SMARTS) is 1. The Balaban J connectivity index is 1.16. The predicted molar refractivity (Wildman–Crippen MR) is 182 cm³/mol. The number of benzene rings is 1. The van der Waals surface area contributed by atoms with E-state index >= 15 is 0 Å². The van der Waals surface area contributed by atoms with Crippen molar-refractivity contribution in [1.29, 1.82) is 0 Å². The molecule has 0 saturated carbocycles. The van der Waals surface area contributed by atoms with Gasteiger partial charge in [0.05, 0.1) is 32.4 Å². The highest BCUT2D eigenvalue weighted by atomic mass is 16.6. The maximum Gasteiger partial charge on any atom is 0.326 e. The molecule has 3 saturated heterocycles. The third kappa shape index (κ3) is 5.58. The first kappa shape index (κ1) is 31.0. The topological polar surface area (TPSA) is 136 Å². The predicted octanol–water partition coefficient (Wildman–Crippen LogP) is 4.79. The van der Waals surface area contributed by atoms with Gasteiger partial charge >= 0.3 is 5.97 Å². The summed E-state index contributed by atoms with van der Waals surface area (Å²) in [5, 5.41) is 11.3. The lowest BCUT2D eigenvalue weighted by atomic mass is 9.90. The summed E-state index contributed by atoms with van der Waals surface area (Å²) in [4.78, 5) is 35.3. The third-order valence-corrected chi connectivity index (χ3v) is 9.65. The fraction of sp³-hybridized carbons (Fsp3) is 0.378. The lowest BCUT2D eigenvalue weighted by molar-refractivity contribution is -0.228. The van der Waals surface area contributed by atoms with Gasteiger partial charge in [-0.25, -0.2) is 19.7 Å². The Labute approximate surface area is 283 Å². The molecular formula is C37H36N6O6. The Morgan fingerprint density at radius 1 is 1.08 bits per heavy atom. The number of hydrogen-bond donors (Lipinski definition) is 1. The fourth-order valence-electron chi connectivity index (χ4n) is 6.84. The summed E-state index contributed by atoms with van der Waals surface area (Å²) >= 11 is 0. The van der Waals surface area contributed by atoms with Gasteiger partial charge in [0, 0.05) is 54.0 Å². The molecule has 0 amide bonds. The zero-order valence-corrected chi connectivity index (χ0v) is 27.5. The van der Waals surface area contributed by atoms with E-state index in [0.29, 0.717) is 60.6 Å². The molecule has 4 aromatic heterocycles. The van der Waals surface area contributed by atoms with E-state index < -0.39 is 23.7 Å². The molecule has 49 heavy (non-hydrogen) atoms. The molecule has 250 valence electrons. The van der Waals surface area contributed by atoms with Crippen LogP contribution < -0.4 is 14.5 Å². The molecule has 12 nitrogen and oxygen atoms in total. The van der Waals surface area contributed by atoms with Crippen LogP contribution in [0.15, 0.2) is 65.5 Å². The van der Waals surface area contributed by atoms with Crippen LogP contribution in [0, 0.1) is 11.8 Å². The molecule has 3 fully saturated rings. The number of carboxylic acids is 1. The van der Waals surface area contributed by atoms with Gasteiger partial charge < -0.3 is 33.5 Å². The van der Waals surface area contributed by atoms with Crippen molar-refractivity contribution in [3.63, 3.8) is 0 Å². The minimum Gasteiger partial charge on any atom is -0.480 e. The lowest BCUT2D eigenvalue weighted by Crippen LogP contribution is -2.68. The number of ether oxygens (including phenoxy) is 3. The second kappa shape index (κ2) is 12.3. The number of nitrogens with zero attached hydrogens (tertiary/aromatic N) is 6. The van der Waals surface area contributed by atoms with E-state index in [0.717, 1.165) is 22.2 Å². The van der Waals surface area contributed by atoms with Crippen LogP contribution in [-0.4, -0.2) is 87.7 Å². The van der Waals surface area contributed by atoms with Crippen LogP contribution in [-0.2, 0) is 14.3 Å². The summed E-state index contributed by atoms with van der Waals surface area (Å²) in [6.07, 6.45) is 4.83. The van der Waals surface area contributed by atoms with Gasteiger partial charge in [-0.3, -0.25) is 4.98 Å². The van der Waals surface area contributed by atoms with Gasteiger partial charge in [0.15, 0.2) is 11.4 Å². The molecule has 5 aromatic rings. The quantitative estimate of drug-likeness (QED) is 0.251. The summed E-state index contributed by atoms with van der Waals surface area (Å²) in [6.45, 7) is 8.60. The van der Waals surface area contributed by atoms with Crippen molar-refractivity contribution in [1.82, 2.24) is 19.9 Å². The molecule has 3 aliphatic rings. The zero-order chi connectivity index (χ0) is 33.7. The maximum absolute atomic E-state index is 12.8. The van der Waals surface area contributed by atoms with E-state index in [1.165, 1.54) is 0 Å². The summed E-state index contributed by atoms with van der Waals surface area (Å²) < 4.78 is 24.7. The Morgan fingerprint density at radius 3 is 2.63 bits per heavy atom. The summed E-state index contributed by atoms with van der Waals surface area (Å²) in [6, 6.07) is 12.4. The van der Waals surface area contributed by atoms with Crippen molar-refractivity contribution in [2.24, 2.45) is 0 Å². The van der Waals surface area contributed by atoms with E-state index in [-0.39, 0.29) is 24.9 Å². The highest BCUT2D eigenvalue weighted by Crippen LogP contribution is 2.41. The molecule has 0 unspecified atom stereocenters. The molecule has 0 radical (unpaired) electrons. The van der Waals surface area contributed by atoms with Crippen LogP contribution >= 0.6 is 0 Å². The average Bonchev–Trinajstić information content (AvgIpc) is 3.69. The van der Waals surface area contributed by atoms with Crippen LogP contribution in [0.1, 0.15) is 50.1 Å². The SMILES string of the molecule is CC(C)c1nc(N2C[C@@H](Oc3ncc(C#Cc4ccncc4)cc3N3CCOC4(COC4)[C@@H]3C)C[C@H]2C(=O)O)c2oc3ccccc3c2n1. The van der Waals surface area contributed by atoms with Gasteiger partial charge in [0.25, 0.3) is 0 Å². The second-order valence-corrected chi connectivity index (χ2v) is 13.1. The molecule has 7 heterocycles. The first-order valence-corrected chi connectivity index (χ1v) is 16.6. The van der Waals surface area contributed by atoms with E-state index in [4.69, 9.17) is 33.6 Å². The van der Waals surface area contributed by atoms with Gasteiger partial charge in [-0.05, 0) is 37.3 Å². The van der Waals surface area contributed by atoms with Gasteiger partial charge in [0.1, 0.15) is 40.4 Å². The number of pyridine rings is 2.